The van der Waals surface area contributed by atoms with Crippen LogP contribution in [0.15, 0.2) is 40.9 Å². The zero-order chi connectivity index (χ0) is 14.3. The maximum absolute atomic E-state index is 14.0. The first-order valence-corrected chi connectivity index (χ1v) is 6.81. The minimum absolute atomic E-state index is 0.0473. The van der Waals surface area contributed by atoms with Gasteiger partial charge in [0.05, 0.1) is 4.47 Å². The highest BCUT2D eigenvalue weighted by Gasteiger charge is 2.15. The Morgan fingerprint density at radius 2 is 1.65 bits per heavy atom. The zero-order valence-corrected chi connectivity index (χ0v) is 12.2. The molecule has 1 heterocycles. The van der Waals surface area contributed by atoms with Crippen LogP contribution in [0.1, 0.15) is 0 Å². The molecule has 0 radical (unpaired) electrons. The van der Waals surface area contributed by atoms with Crippen molar-refractivity contribution in [1.82, 2.24) is 10.2 Å². The highest BCUT2D eigenvalue weighted by atomic mass is 79.9. The Morgan fingerprint density at radius 3 is 2.40 bits per heavy atom. The van der Waals surface area contributed by atoms with E-state index < -0.39 is 11.6 Å². The summed E-state index contributed by atoms with van der Waals surface area (Å²) in [5.41, 5.74) is 0.306. The lowest BCUT2D eigenvalue weighted by molar-refractivity contribution is 0.597. The fourth-order valence-electron chi connectivity index (χ4n) is 1.97. The van der Waals surface area contributed by atoms with Crippen LogP contribution in [-0.4, -0.2) is 10.2 Å². The molecule has 2 nitrogen and oxygen atoms in total. The molecular weight excluding hydrogens is 350 g/mol. The van der Waals surface area contributed by atoms with E-state index in [9.17, 15) is 8.78 Å². The van der Waals surface area contributed by atoms with Gasteiger partial charge < -0.3 is 0 Å². The van der Waals surface area contributed by atoms with E-state index in [4.69, 9.17) is 11.6 Å². The van der Waals surface area contributed by atoms with E-state index in [1.165, 1.54) is 0 Å². The molecule has 0 aliphatic heterocycles. The van der Waals surface area contributed by atoms with Crippen LogP contribution in [0, 0.1) is 11.6 Å². The second-order valence-corrected chi connectivity index (χ2v) is 5.34. The molecule has 3 rings (SSSR count). The van der Waals surface area contributed by atoms with E-state index in [0.717, 1.165) is 12.1 Å². The number of hydrogen-bond donors (Lipinski definition) is 0. The maximum atomic E-state index is 14.0. The van der Waals surface area contributed by atoms with Crippen LogP contribution >= 0.6 is 27.5 Å². The van der Waals surface area contributed by atoms with Gasteiger partial charge in [0.25, 0.3) is 0 Å². The molecule has 2 aromatic carbocycles. The summed E-state index contributed by atoms with van der Waals surface area (Å²) in [5, 5.41) is 9.18. The molecule has 3 aromatic rings. The second kappa shape index (κ2) is 5.07. The van der Waals surface area contributed by atoms with E-state index in [2.05, 4.69) is 26.1 Å². The first-order chi connectivity index (χ1) is 9.58. The van der Waals surface area contributed by atoms with Crippen molar-refractivity contribution in [3.05, 3.63) is 57.7 Å². The predicted octanol–water partition coefficient (Wildman–Crippen LogP) is 4.99. The summed E-state index contributed by atoms with van der Waals surface area (Å²) in [6.45, 7) is 0. The third-order valence-corrected chi connectivity index (χ3v) is 3.79. The summed E-state index contributed by atoms with van der Waals surface area (Å²) in [5.74, 6) is -1.15. The van der Waals surface area contributed by atoms with Crippen LogP contribution in [0.4, 0.5) is 8.78 Å². The molecule has 0 atom stereocenters. The molecular formula is C14H6BrClF2N2. The summed E-state index contributed by atoms with van der Waals surface area (Å²) in [6, 6.07) is 9.21. The molecule has 100 valence electrons. The number of rotatable bonds is 1. The Bertz CT molecular complexity index is 824. The van der Waals surface area contributed by atoms with Gasteiger partial charge in [-0.3, -0.25) is 0 Å². The molecule has 6 heteroatoms. The quantitative estimate of drug-likeness (QED) is 0.575. The predicted molar refractivity (Wildman–Crippen MR) is 77.6 cm³/mol. The van der Waals surface area contributed by atoms with Gasteiger partial charge in [-0.1, -0.05) is 35.9 Å². The fourth-order valence-corrected chi connectivity index (χ4v) is 2.49. The third-order valence-electron chi connectivity index (χ3n) is 2.91. The number of fused-ring (bicyclic) bond motifs is 1. The Morgan fingerprint density at radius 1 is 0.950 bits per heavy atom. The van der Waals surface area contributed by atoms with E-state index in [0.29, 0.717) is 10.8 Å². The van der Waals surface area contributed by atoms with Gasteiger partial charge in [0.15, 0.2) is 5.15 Å². The number of halogens is 4. The van der Waals surface area contributed by atoms with Crippen molar-refractivity contribution >= 4 is 38.3 Å². The highest BCUT2D eigenvalue weighted by molar-refractivity contribution is 9.10. The van der Waals surface area contributed by atoms with Crippen molar-refractivity contribution in [2.75, 3.05) is 0 Å². The van der Waals surface area contributed by atoms with Crippen molar-refractivity contribution in [2.45, 2.75) is 0 Å². The molecule has 0 N–H and O–H groups in total. The number of aromatic nitrogens is 2. The molecule has 0 spiro atoms. The van der Waals surface area contributed by atoms with Crippen LogP contribution < -0.4 is 0 Å². The third kappa shape index (κ3) is 2.17. The van der Waals surface area contributed by atoms with Gasteiger partial charge in [-0.2, -0.15) is 0 Å². The van der Waals surface area contributed by atoms with Crippen molar-refractivity contribution in [2.24, 2.45) is 0 Å². The summed E-state index contributed by atoms with van der Waals surface area (Å²) >= 11 is 8.91. The molecule has 0 bridgehead atoms. The van der Waals surface area contributed by atoms with Crippen molar-refractivity contribution in [1.29, 1.82) is 0 Å². The average molecular weight is 356 g/mol. The molecule has 0 aliphatic carbocycles. The van der Waals surface area contributed by atoms with Crippen LogP contribution in [0.3, 0.4) is 0 Å². The van der Waals surface area contributed by atoms with E-state index in [1.54, 1.807) is 24.3 Å². The standard InChI is InChI=1S/C14H6BrClF2N2/c15-10-6-11(17)9(5-12(10)18)13-7-3-1-2-4-8(7)14(16)20-19-13/h1-6H. The molecule has 0 saturated heterocycles. The molecule has 0 unspecified atom stereocenters. The van der Waals surface area contributed by atoms with E-state index in [-0.39, 0.29) is 20.9 Å². The van der Waals surface area contributed by atoms with Gasteiger partial charge in [0, 0.05) is 16.3 Å². The van der Waals surface area contributed by atoms with Crippen molar-refractivity contribution < 1.29 is 8.78 Å². The summed E-state index contributed by atoms with van der Waals surface area (Å²) in [4.78, 5) is 0. The van der Waals surface area contributed by atoms with Crippen LogP contribution in [-0.2, 0) is 0 Å². The Labute approximate surface area is 126 Å². The number of nitrogens with zero attached hydrogens (tertiary/aromatic N) is 2. The SMILES string of the molecule is Fc1cc(-c2nnc(Cl)c3ccccc23)c(F)cc1Br. The van der Waals surface area contributed by atoms with Gasteiger partial charge in [0.2, 0.25) is 0 Å². The molecule has 1 aromatic heterocycles. The Kier molecular flexibility index (Phi) is 3.40. The van der Waals surface area contributed by atoms with Crippen LogP contribution in [0.5, 0.6) is 0 Å². The number of hydrogen-bond acceptors (Lipinski definition) is 2. The first kappa shape index (κ1) is 13.4. The van der Waals surface area contributed by atoms with Gasteiger partial charge in [0.1, 0.15) is 17.3 Å². The molecule has 0 amide bonds. The Hall–Kier alpha value is -1.59. The van der Waals surface area contributed by atoms with Crippen molar-refractivity contribution in [3.8, 4) is 11.3 Å². The van der Waals surface area contributed by atoms with Crippen molar-refractivity contribution in [3.63, 3.8) is 0 Å². The van der Waals surface area contributed by atoms with Gasteiger partial charge in [-0.05, 0) is 28.1 Å². The summed E-state index contributed by atoms with van der Waals surface area (Å²) in [7, 11) is 0. The smallest absolute Gasteiger partial charge is 0.159 e. The zero-order valence-electron chi connectivity index (χ0n) is 9.87. The van der Waals surface area contributed by atoms with Crippen LogP contribution in [0.25, 0.3) is 22.0 Å². The summed E-state index contributed by atoms with van der Waals surface area (Å²) < 4.78 is 27.7. The van der Waals surface area contributed by atoms with E-state index >= 15 is 0 Å². The second-order valence-electron chi connectivity index (χ2n) is 4.13. The van der Waals surface area contributed by atoms with E-state index in [1.807, 2.05) is 0 Å². The first-order valence-electron chi connectivity index (χ1n) is 5.64. The Balaban J connectivity index is 2.36. The van der Waals surface area contributed by atoms with Crippen LogP contribution in [0.2, 0.25) is 5.15 Å². The monoisotopic (exact) mass is 354 g/mol. The molecule has 0 saturated carbocycles. The summed E-state index contributed by atoms with van der Waals surface area (Å²) in [6.07, 6.45) is 0. The topological polar surface area (TPSA) is 25.8 Å². The lowest BCUT2D eigenvalue weighted by atomic mass is 10.0. The lowest BCUT2D eigenvalue weighted by Gasteiger charge is -2.08. The lowest BCUT2D eigenvalue weighted by Crippen LogP contribution is -1.95. The van der Waals surface area contributed by atoms with Gasteiger partial charge in [-0.25, -0.2) is 8.78 Å². The fraction of sp³-hybridized carbons (Fsp3) is 0. The highest BCUT2D eigenvalue weighted by Crippen LogP contribution is 2.32. The molecule has 20 heavy (non-hydrogen) atoms. The maximum Gasteiger partial charge on any atom is 0.159 e. The van der Waals surface area contributed by atoms with Gasteiger partial charge in [-0.15, -0.1) is 10.2 Å². The molecule has 0 fully saturated rings. The van der Waals surface area contributed by atoms with Gasteiger partial charge >= 0.3 is 0 Å². The minimum Gasteiger partial charge on any atom is -0.206 e. The normalized spacial score (nSPS) is 11.0. The average Bonchev–Trinajstić information content (AvgIpc) is 2.44. The largest absolute Gasteiger partial charge is 0.206 e. The minimum atomic E-state index is -0.583. The molecule has 0 aliphatic rings. The number of benzene rings is 2.